The molecule has 4 heteroatoms. The van der Waals surface area contributed by atoms with Crippen molar-refractivity contribution < 1.29 is 0 Å². The fraction of sp³-hybridized carbons (Fsp3) is 0. The van der Waals surface area contributed by atoms with E-state index < -0.39 is 0 Å². The second-order valence-corrected chi connectivity index (χ2v) is 0. The first-order valence-corrected chi connectivity index (χ1v) is 1.29. The Bertz CT molecular complexity index is 4.00. The predicted molar refractivity (Wildman–Crippen MR) is 26.0 cm³/mol. The van der Waals surface area contributed by atoms with Crippen molar-refractivity contribution in [3.05, 3.63) is 0 Å². The van der Waals surface area contributed by atoms with E-state index in [-0.39, 0.29) is 59.1 Å². The Labute approximate surface area is 79.4 Å². The molecule has 0 aromatic carbocycles. The van der Waals surface area contributed by atoms with Gasteiger partial charge >= 0.3 is 59.1 Å². The van der Waals surface area contributed by atoms with Gasteiger partial charge in [-0.25, -0.2) is 0 Å². The first-order valence-electron chi connectivity index (χ1n) is 0.143. The van der Waals surface area contributed by atoms with Crippen LogP contribution in [0.25, 0.3) is 0 Å². The van der Waals surface area contributed by atoms with E-state index in [9.17, 15) is 0 Å². The molecule has 0 atom stereocenters. The van der Waals surface area contributed by atoms with E-state index in [4.69, 9.17) is 0 Å². The Morgan fingerprint density at radius 3 is 0.750 bits per heavy atom. The van der Waals surface area contributed by atoms with Crippen LogP contribution in [-0.4, -0.2) is 59.1 Å². The summed E-state index contributed by atoms with van der Waals surface area (Å²) in [7, 11) is 8.22. The van der Waals surface area contributed by atoms with Gasteiger partial charge < -0.3 is 0 Å². The molecule has 0 bridgehead atoms. The summed E-state index contributed by atoms with van der Waals surface area (Å²) in [6.45, 7) is 0. The van der Waals surface area contributed by atoms with Gasteiger partial charge in [0.2, 0.25) is 0 Å². The van der Waals surface area contributed by atoms with E-state index >= 15 is 0 Å². The number of halogens is 2. The van der Waals surface area contributed by atoms with Gasteiger partial charge in [-0.1, -0.05) is 0 Å². The monoisotopic (exact) mass is 118 g/mol. The van der Waals surface area contributed by atoms with Gasteiger partial charge in [-0.2, -0.15) is 0 Å². The van der Waals surface area contributed by atoms with Crippen molar-refractivity contribution >= 4 is 80.8 Å². The van der Waals surface area contributed by atoms with Crippen molar-refractivity contribution in [1.82, 2.24) is 0 Å². The van der Waals surface area contributed by atoms with Crippen molar-refractivity contribution in [3.8, 4) is 0 Å². The topological polar surface area (TPSA) is 0 Å². The van der Waals surface area contributed by atoms with Crippen molar-refractivity contribution in [2.75, 3.05) is 0 Å². The van der Waals surface area contributed by atoms with Crippen LogP contribution in [-0.2, 0) is 0 Å². The van der Waals surface area contributed by atoms with E-state index in [2.05, 4.69) is 21.7 Å². The number of hydrogen-bond donors (Lipinski definition) is 0. The van der Waals surface area contributed by atoms with E-state index in [1.165, 1.54) is 0 Å². The van der Waals surface area contributed by atoms with Crippen molar-refractivity contribution in [2.45, 2.75) is 0 Å². The molecule has 0 amide bonds. The predicted octanol–water partition coefficient (Wildman–Crippen LogP) is 0.0820. The minimum absolute atomic E-state index is 0. The van der Waals surface area contributed by atoms with Gasteiger partial charge in [0.15, 0.2) is 0 Å². The Balaban J connectivity index is -0.00000000500. The summed E-state index contributed by atoms with van der Waals surface area (Å²) in [5.74, 6) is 0. The SMILES string of the molecule is ClCl.[NaH].[NaH]. The van der Waals surface area contributed by atoms with Crippen LogP contribution in [0.15, 0.2) is 0 Å². The third-order valence-corrected chi connectivity index (χ3v) is 0. The standard InChI is InChI=1S/Cl2.2Na.2H/c1-2;;;;. The zero-order valence-electron chi connectivity index (χ0n) is 0.756. The molecule has 0 aliphatic rings. The van der Waals surface area contributed by atoms with E-state index in [1.807, 2.05) is 0 Å². The minimum atomic E-state index is 0. The van der Waals surface area contributed by atoms with Gasteiger partial charge in [0.05, 0.1) is 0 Å². The number of hydrogen-bond acceptors (Lipinski definition) is 0. The summed E-state index contributed by atoms with van der Waals surface area (Å²) in [4.78, 5) is 0. The zero-order valence-corrected chi connectivity index (χ0v) is 2.27. The zero-order chi connectivity index (χ0) is 2.00. The van der Waals surface area contributed by atoms with Crippen LogP contribution in [0.5, 0.6) is 0 Å². The van der Waals surface area contributed by atoms with E-state index in [0.717, 1.165) is 0 Å². The molecule has 0 nitrogen and oxygen atoms in total. The molecule has 18 valence electrons. The Morgan fingerprint density at radius 1 is 0.750 bits per heavy atom. The summed E-state index contributed by atoms with van der Waals surface area (Å²) in [6, 6.07) is 0. The average molecular weight is 119 g/mol. The van der Waals surface area contributed by atoms with Gasteiger partial charge in [0.25, 0.3) is 0 Å². The molecule has 0 unspecified atom stereocenters. The van der Waals surface area contributed by atoms with E-state index in [1.54, 1.807) is 0 Å². The third kappa shape index (κ3) is 8.82. The molecule has 0 aliphatic heterocycles. The van der Waals surface area contributed by atoms with Crippen LogP contribution >= 0.6 is 21.7 Å². The van der Waals surface area contributed by atoms with Crippen LogP contribution < -0.4 is 0 Å². The first kappa shape index (κ1) is 16.0. The first-order chi connectivity index (χ1) is 1.00. The summed E-state index contributed by atoms with van der Waals surface area (Å²) in [6.07, 6.45) is 0. The molecule has 0 heterocycles. The molecule has 0 saturated heterocycles. The molecule has 0 spiro atoms. The molecule has 4 heavy (non-hydrogen) atoms. The third-order valence-electron chi connectivity index (χ3n) is 0. The Kier molecular flexibility index (Phi) is 70.3. The van der Waals surface area contributed by atoms with Gasteiger partial charge in [0, 0.05) is 21.7 Å². The van der Waals surface area contributed by atoms with Crippen LogP contribution in [0.4, 0.5) is 0 Å². The number of rotatable bonds is 0. The second kappa shape index (κ2) is 17.6. The van der Waals surface area contributed by atoms with Crippen molar-refractivity contribution in [2.24, 2.45) is 0 Å². The Morgan fingerprint density at radius 2 is 0.750 bits per heavy atom. The average Bonchev–Trinajstić information content (AvgIpc) is 1.00. The molecule has 0 aromatic heterocycles. The van der Waals surface area contributed by atoms with Crippen molar-refractivity contribution in [3.63, 3.8) is 0 Å². The maximum absolute atomic E-state index is 4.11. The van der Waals surface area contributed by atoms with E-state index in [0.29, 0.717) is 0 Å². The summed E-state index contributed by atoms with van der Waals surface area (Å²) >= 11 is 0. The van der Waals surface area contributed by atoms with Gasteiger partial charge in [-0.3, -0.25) is 0 Å². The summed E-state index contributed by atoms with van der Waals surface area (Å²) < 4.78 is 0. The van der Waals surface area contributed by atoms with Crippen LogP contribution in [0.2, 0.25) is 0 Å². The van der Waals surface area contributed by atoms with Crippen LogP contribution in [0.3, 0.4) is 0 Å². The van der Waals surface area contributed by atoms with Crippen LogP contribution in [0.1, 0.15) is 0 Å². The molecular formula is H2Cl2Na2. The maximum atomic E-state index is 4.11. The molecule has 0 saturated carbocycles. The van der Waals surface area contributed by atoms with Gasteiger partial charge in [-0.15, -0.1) is 0 Å². The van der Waals surface area contributed by atoms with Gasteiger partial charge in [-0.05, 0) is 0 Å². The van der Waals surface area contributed by atoms with Crippen LogP contribution in [0, 0.1) is 0 Å². The molecular weight excluding hydrogens is 117 g/mol. The summed E-state index contributed by atoms with van der Waals surface area (Å²) in [5, 5.41) is 0. The quantitative estimate of drug-likeness (QED) is 0.396. The molecule has 0 N–H and O–H groups in total. The fourth-order valence-electron chi connectivity index (χ4n) is 0. The van der Waals surface area contributed by atoms with Gasteiger partial charge in [0.1, 0.15) is 0 Å². The molecule has 0 radical (unpaired) electrons. The Hall–Kier alpha value is 2.58. The molecule has 0 aromatic rings. The fourth-order valence-corrected chi connectivity index (χ4v) is 0. The van der Waals surface area contributed by atoms with Crippen molar-refractivity contribution in [1.29, 1.82) is 0 Å². The molecule has 0 fully saturated rings. The molecule has 0 aliphatic carbocycles. The summed E-state index contributed by atoms with van der Waals surface area (Å²) in [5.41, 5.74) is 0. The molecule has 0 rings (SSSR count). The second-order valence-electron chi connectivity index (χ2n) is 0. The normalized spacial score (nSPS) is 1.50.